The molecule has 36 heavy (non-hydrogen) atoms. The Balaban J connectivity index is 1.38. The van der Waals surface area contributed by atoms with E-state index in [1.165, 1.54) is 5.56 Å². The summed E-state index contributed by atoms with van der Waals surface area (Å²) in [6.45, 7) is 2.78. The fourth-order valence-corrected chi connectivity index (χ4v) is 4.69. The molecule has 1 N–H and O–H groups in total. The summed E-state index contributed by atoms with van der Waals surface area (Å²) in [4.78, 5) is 24.1. The zero-order chi connectivity index (χ0) is 24.9. The van der Waals surface area contributed by atoms with Crippen LogP contribution in [0.1, 0.15) is 51.2 Å². The Labute approximate surface area is 211 Å². The largest absolute Gasteiger partial charge is 0.345 e. The van der Waals surface area contributed by atoms with Crippen LogP contribution in [0.15, 0.2) is 109 Å². The van der Waals surface area contributed by atoms with Crippen molar-refractivity contribution in [1.29, 1.82) is 0 Å². The van der Waals surface area contributed by atoms with E-state index in [9.17, 15) is 9.59 Å². The number of carbonyl (C=O) groups excluding carboxylic acids is 2. The Kier molecular flexibility index (Phi) is 6.76. The number of fused-ring (bicyclic) bond motifs is 1. The number of aldehydes is 1. The van der Waals surface area contributed by atoms with E-state index in [0.717, 1.165) is 40.3 Å². The average Bonchev–Trinajstić information content (AvgIpc) is 3.34. The molecule has 178 valence electrons. The lowest BCUT2D eigenvalue weighted by molar-refractivity contribution is 0.0935. The lowest BCUT2D eigenvalue weighted by atomic mass is 9.98. The minimum absolute atomic E-state index is 0.0175. The van der Waals surface area contributed by atoms with Crippen molar-refractivity contribution in [3.63, 3.8) is 0 Å². The lowest BCUT2D eigenvalue weighted by Crippen LogP contribution is -2.28. The summed E-state index contributed by atoms with van der Waals surface area (Å²) in [5, 5.41) is 4.21. The molecule has 1 heterocycles. The van der Waals surface area contributed by atoms with Crippen molar-refractivity contribution in [2.45, 2.75) is 25.9 Å². The van der Waals surface area contributed by atoms with Gasteiger partial charge in [-0.1, -0.05) is 85.8 Å². The highest BCUT2D eigenvalue weighted by Gasteiger charge is 2.15. The van der Waals surface area contributed by atoms with Gasteiger partial charge in [0.15, 0.2) is 0 Å². The second kappa shape index (κ2) is 10.4. The van der Waals surface area contributed by atoms with E-state index in [-0.39, 0.29) is 11.9 Å². The Morgan fingerprint density at radius 2 is 1.64 bits per heavy atom. The van der Waals surface area contributed by atoms with Gasteiger partial charge in [0.2, 0.25) is 0 Å². The summed E-state index contributed by atoms with van der Waals surface area (Å²) in [5.74, 6) is -0.0653. The number of carbonyl (C=O) groups is 2. The highest BCUT2D eigenvalue weighted by atomic mass is 16.1. The maximum atomic E-state index is 13.0. The van der Waals surface area contributed by atoms with Gasteiger partial charge in [0.1, 0.15) is 6.29 Å². The zero-order valence-corrected chi connectivity index (χ0v) is 20.2. The van der Waals surface area contributed by atoms with Gasteiger partial charge in [-0.3, -0.25) is 9.59 Å². The van der Waals surface area contributed by atoms with Gasteiger partial charge in [-0.25, -0.2) is 0 Å². The second-order valence-electron chi connectivity index (χ2n) is 8.96. The van der Waals surface area contributed by atoms with Crippen LogP contribution in [0.5, 0.6) is 0 Å². The number of hydrogen-bond donors (Lipinski definition) is 1. The summed E-state index contributed by atoms with van der Waals surface area (Å²) in [6.07, 6.45) is 3.75. The van der Waals surface area contributed by atoms with Crippen molar-refractivity contribution in [3.8, 4) is 11.1 Å². The third-order valence-corrected chi connectivity index (χ3v) is 6.66. The molecule has 0 aliphatic carbocycles. The van der Waals surface area contributed by atoms with E-state index in [0.29, 0.717) is 17.7 Å². The quantitative estimate of drug-likeness (QED) is 0.246. The molecular formula is C32H28N2O2. The molecule has 4 heteroatoms. The van der Waals surface area contributed by atoms with Crippen LogP contribution in [0, 0.1) is 0 Å². The van der Waals surface area contributed by atoms with Gasteiger partial charge < -0.3 is 9.88 Å². The Hall–Kier alpha value is -4.44. The second-order valence-corrected chi connectivity index (χ2v) is 8.96. The summed E-state index contributed by atoms with van der Waals surface area (Å²) < 4.78 is 2.20. The third kappa shape index (κ3) is 4.84. The monoisotopic (exact) mass is 472 g/mol. The van der Waals surface area contributed by atoms with Gasteiger partial charge in [0, 0.05) is 34.8 Å². The minimum atomic E-state index is -0.0653. The highest BCUT2D eigenvalue weighted by Crippen LogP contribution is 2.27. The molecule has 0 spiro atoms. The predicted octanol–water partition coefficient (Wildman–Crippen LogP) is 7.05. The fourth-order valence-electron chi connectivity index (χ4n) is 4.69. The molecule has 1 atom stereocenters. The molecule has 5 rings (SSSR count). The van der Waals surface area contributed by atoms with Crippen LogP contribution in [0.3, 0.4) is 0 Å². The van der Waals surface area contributed by atoms with Crippen molar-refractivity contribution in [2.75, 3.05) is 0 Å². The first-order chi connectivity index (χ1) is 17.7. The molecule has 0 aliphatic rings. The first-order valence-corrected chi connectivity index (χ1v) is 12.2. The maximum Gasteiger partial charge on any atom is 0.251 e. The first kappa shape index (κ1) is 23.3. The summed E-state index contributed by atoms with van der Waals surface area (Å²) in [5.41, 5.74) is 6.92. The Morgan fingerprint density at radius 3 is 2.39 bits per heavy atom. The van der Waals surface area contributed by atoms with Crippen LogP contribution in [0.2, 0.25) is 0 Å². The van der Waals surface area contributed by atoms with Gasteiger partial charge in [0.05, 0.1) is 6.04 Å². The lowest BCUT2D eigenvalue weighted by Gasteiger charge is -2.17. The van der Waals surface area contributed by atoms with E-state index in [4.69, 9.17) is 0 Å². The van der Waals surface area contributed by atoms with Crippen molar-refractivity contribution in [1.82, 2.24) is 9.88 Å². The molecule has 5 aromatic rings. The van der Waals surface area contributed by atoms with Gasteiger partial charge in [0.25, 0.3) is 5.91 Å². The topological polar surface area (TPSA) is 51.1 Å². The van der Waals surface area contributed by atoms with Gasteiger partial charge in [-0.15, -0.1) is 0 Å². The van der Waals surface area contributed by atoms with Crippen LogP contribution in [0.25, 0.3) is 22.0 Å². The zero-order valence-electron chi connectivity index (χ0n) is 20.2. The molecule has 0 radical (unpaired) electrons. The van der Waals surface area contributed by atoms with Gasteiger partial charge in [-0.05, 0) is 52.9 Å². The summed E-state index contributed by atoms with van der Waals surface area (Å²) in [6, 6.07) is 34.0. The molecule has 1 amide bonds. The summed E-state index contributed by atoms with van der Waals surface area (Å²) >= 11 is 0. The van der Waals surface area contributed by atoms with Crippen LogP contribution in [0.4, 0.5) is 0 Å². The van der Waals surface area contributed by atoms with E-state index < -0.39 is 0 Å². The van der Waals surface area contributed by atoms with Crippen molar-refractivity contribution in [2.24, 2.45) is 0 Å². The number of aromatic nitrogens is 1. The average molecular weight is 473 g/mol. The molecular weight excluding hydrogens is 444 g/mol. The molecule has 0 unspecified atom stereocenters. The van der Waals surface area contributed by atoms with Crippen molar-refractivity contribution < 1.29 is 9.59 Å². The van der Waals surface area contributed by atoms with Gasteiger partial charge >= 0.3 is 0 Å². The maximum absolute atomic E-state index is 13.0. The normalized spacial score (nSPS) is 11.8. The van der Waals surface area contributed by atoms with E-state index >= 15 is 0 Å². The van der Waals surface area contributed by atoms with Crippen LogP contribution >= 0.6 is 0 Å². The predicted molar refractivity (Wildman–Crippen MR) is 145 cm³/mol. The fraction of sp³-hybridized carbons (Fsp3) is 0.125. The first-order valence-electron chi connectivity index (χ1n) is 12.2. The third-order valence-electron chi connectivity index (χ3n) is 6.66. The van der Waals surface area contributed by atoms with Crippen molar-refractivity contribution in [3.05, 3.63) is 132 Å². The number of rotatable bonds is 8. The highest BCUT2D eigenvalue weighted by molar-refractivity contribution is 5.98. The van der Waals surface area contributed by atoms with E-state index in [1.54, 1.807) is 0 Å². The number of amides is 1. The van der Waals surface area contributed by atoms with E-state index in [1.807, 2.05) is 84.9 Å². The van der Waals surface area contributed by atoms with Crippen LogP contribution in [-0.4, -0.2) is 16.8 Å². The number of nitrogens with zero attached hydrogens (tertiary/aromatic N) is 1. The van der Waals surface area contributed by atoms with Gasteiger partial charge in [-0.2, -0.15) is 0 Å². The molecule has 0 aliphatic heterocycles. The van der Waals surface area contributed by atoms with Crippen LogP contribution in [-0.2, 0) is 6.54 Å². The van der Waals surface area contributed by atoms with E-state index in [2.05, 4.69) is 41.2 Å². The molecule has 0 bridgehead atoms. The number of nitrogens with one attached hydrogen (secondary N) is 1. The standard InChI is InChI=1S/C32H28N2O2/c1-2-30(25-8-4-3-5-9-25)33-32(36)27-16-17-31-26(20-27)18-19-34(31)21-28-10-6-7-11-29(28)24-14-12-23(22-35)13-15-24/h3-20,22,30H,2,21H2,1H3,(H,33,36)/t30-/m1/s1. The molecule has 0 saturated carbocycles. The minimum Gasteiger partial charge on any atom is -0.345 e. The molecule has 0 saturated heterocycles. The molecule has 4 nitrogen and oxygen atoms in total. The smallest absolute Gasteiger partial charge is 0.251 e. The Morgan fingerprint density at radius 1 is 0.889 bits per heavy atom. The number of benzene rings is 4. The molecule has 1 aromatic heterocycles. The molecule has 0 fully saturated rings. The van der Waals surface area contributed by atoms with Crippen LogP contribution < -0.4 is 5.32 Å². The SMILES string of the molecule is CC[C@@H](NC(=O)c1ccc2c(ccn2Cc2ccccc2-c2ccc(C=O)cc2)c1)c1ccccc1. The number of hydrogen-bond acceptors (Lipinski definition) is 2. The molecule has 4 aromatic carbocycles. The van der Waals surface area contributed by atoms with Crippen molar-refractivity contribution >= 4 is 23.1 Å². The Bertz CT molecular complexity index is 1500. The summed E-state index contributed by atoms with van der Waals surface area (Å²) in [7, 11) is 0.